The van der Waals surface area contributed by atoms with Crippen molar-refractivity contribution in [2.75, 3.05) is 44.7 Å². The lowest BCUT2D eigenvalue weighted by molar-refractivity contribution is -0.131. The number of hydrogen-bond donors (Lipinski definition) is 2. The number of pyridine rings is 1. The molecule has 2 aromatic rings. The van der Waals surface area contributed by atoms with Crippen molar-refractivity contribution in [3.63, 3.8) is 0 Å². The van der Waals surface area contributed by atoms with Gasteiger partial charge in [0.15, 0.2) is 5.96 Å². The molecule has 2 fully saturated rings. The number of aliphatic imine (C=N–C) groups is 1. The molecule has 2 aliphatic heterocycles. The Morgan fingerprint density at radius 2 is 1.71 bits per heavy atom. The Bertz CT molecular complexity index is 894. The molecule has 2 aliphatic rings. The molecule has 8 heteroatoms. The number of aromatic nitrogens is 1. The van der Waals surface area contributed by atoms with Gasteiger partial charge in [-0.05, 0) is 55.7 Å². The van der Waals surface area contributed by atoms with E-state index in [2.05, 4.69) is 61.9 Å². The van der Waals surface area contributed by atoms with Gasteiger partial charge in [0.25, 0.3) is 0 Å². The monoisotopic (exact) mass is 576 g/mol. The Labute approximate surface area is 220 Å². The predicted octanol–water partition coefficient (Wildman–Crippen LogP) is 3.31. The lowest BCUT2D eigenvalue weighted by Crippen LogP contribution is -2.51. The summed E-state index contributed by atoms with van der Waals surface area (Å²) in [5.74, 6) is 2.56. The van der Waals surface area contributed by atoms with Gasteiger partial charge >= 0.3 is 0 Å². The fourth-order valence-corrected chi connectivity index (χ4v) is 4.79. The molecule has 184 valence electrons. The van der Waals surface area contributed by atoms with Crippen LogP contribution >= 0.6 is 24.0 Å². The molecule has 34 heavy (non-hydrogen) atoms. The maximum atomic E-state index is 12.7. The number of guanidine groups is 1. The molecule has 3 heterocycles. The second kappa shape index (κ2) is 13.5. The first kappa shape index (κ1) is 26.2. The van der Waals surface area contributed by atoms with Crippen LogP contribution in [0.5, 0.6) is 0 Å². The average molecular weight is 577 g/mol. The quantitative estimate of drug-likeness (QED) is 0.314. The largest absolute Gasteiger partial charge is 0.356 e. The summed E-state index contributed by atoms with van der Waals surface area (Å²) in [4.78, 5) is 25.8. The number of rotatable bonds is 6. The highest BCUT2D eigenvalue weighted by Crippen LogP contribution is 2.21. The molecule has 0 saturated carbocycles. The van der Waals surface area contributed by atoms with Crippen LogP contribution in [0, 0.1) is 5.92 Å². The third kappa shape index (κ3) is 7.58. The molecule has 0 unspecified atom stereocenters. The van der Waals surface area contributed by atoms with Crippen LogP contribution in [0.2, 0.25) is 0 Å². The number of anilines is 1. The number of likely N-dealkylation sites (tertiary alicyclic amines) is 1. The smallest absolute Gasteiger partial charge is 0.241 e. The number of nitrogens with one attached hydrogen (secondary N) is 2. The first-order valence-corrected chi connectivity index (χ1v) is 12.2. The Hall–Kier alpha value is -2.36. The van der Waals surface area contributed by atoms with Gasteiger partial charge in [0.2, 0.25) is 5.91 Å². The highest BCUT2D eigenvalue weighted by molar-refractivity contribution is 14.0. The van der Waals surface area contributed by atoms with Crippen molar-refractivity contribution >= 4 is 41.7 Å². The summed E-state index contributed by atoms with van der Waals surface area (Å²) in [6.45, 7) is 3.90. The number of benzene rings is 1. The van der Waals surface area contributed by atoms with E-state index in [1.165, 1.54) is 5.56 Å². The molecular formula is C26H37IN6O. The van der Waals surface area contributed by atoms with Crippen molar-refractivity contribution in [2.24, 2.45) is 10.9 Å². The van der Waals surface area contributed by atoms with Crippen molar-refractivity contribution in [2.45, 2.75) is 38.1 Å². The second-order valence-corrected chi connectivity index (χ2v) is 9.03. The van der Waals surface area contributed by atoms with Crippen molar-refractivity contribution < 1.29 is 4.79 Å². The Kier molecular flexibility index (Phi) is 10.4. The van der Waals surface area contributed by atoms with E-state index < -0.39 is 0 Å². The van der Waals surface area contributed by atoms with Gasteiger partial charge in [0.1, 0.15) is 5.82 Å². The van der Waals surface area contributed by atoms with Crippen LogP contribution in [0.4, 0.5) is 5.82 Å². The molecule has 0 atom stereocenters. The Morgan fingerprint density at radius 3 is 2.35 bits per heavy atom. The van der Waals surface area contributed by atoms with Crippen molar-refractivity contribution in [3.05, 3.63) is 60.3 Å². The van der Waals surface area contributed by atoms with Crippen molar-refractivity contribution in [3.8, 4) is 0 Å². The molecular weight excluding hydrogens is 539 g/mol. The summed E-state index contributed by atoms with van der Waals surface area (Å²) in [7, 11) is 1.76. The van der Waals surface area contributed by atoms with Crippen molar-refractivity contribution in [1.82, 2.24) is 20.5 Å². The maximum absolute atomic E-state index is 12.7. The zero-order chi connectivity index (χ0) is 22.9. The molecule has 1 amide bonds. The zero-order valence-electron chi connectivity index (χ0n) is 20.0. The predicted molar refractivity (Wildman–Crippen MR) is 149 cm³/mol. The van der Waals surface area contributed by atoms with Crippen LogP contribution in [-0.2, 0) is 11.2 Å². The van der Waals surface area contributed by atoms with Crippen LogP contribution in [0.1, 0.15) is 31.2 Å². The van der Waals surface area contributed by atoms with Gasteiger partial charge in [-0.15, -0.1) is 24.0 Å². The molecule has 4 rings (SSSR count). The van der Waals surface area contributed by atoms with Gasteiger partial charge in [-0.2, -0.15) is 0 Å². The number of piperidine rings is 2. The molecule has 2 saturated heterocycles. The van der Waals surface area contributed by atoms with E-state index >= 15 is 0 Å². The van der Waals surface area contributed by atoms with Gasteiger partial charge < -0.3 is 20.4 Å². The third-order valence-electron chi connectivity index (χ3n) is 6.77. The summed E-state index contributed by atoms with van der Waals surface area (Å²) in [6, 6.07) is 17.0. The maximum Gasteiger partial charge on any atom is 0.241 e. The van der Waals surface area contributed by atoms with E-state index in [1.807, 2.05) is 23.2 Å². The molecule has 1 aromatic carbocycles. The SMILES string of the molecule is CN=C(NCC(=O)N1CCC(Cc2ccccc2)CC1)NC1CCN(c2ccccn2)CC1.I. The van der Waals surface area contributed by atoms with E-state index in [-0.39, 0.29) is 36.4 Å². The molecule has 7 nitrogen and oxygen atoms in total. The normalized spacial score (nSPS) is 17.7. The van der Waals surface area contributed by atoms with E-state index in [0.717, 1.165) is 64.1 Å². The fourth-order valence-electron chi connectivity index (χ4n) is 4.79. The number of nitrogens with zero attached hydrogens (tertiary/aromatic N) is 4. The van der Waals surface area contributed by atoms with E-state index in [4.69, 9.17) is 0 Å². The van der Waals surface area contributed by atoms with E-state index in [0.29, 0.717) is 17.9 Å². The molecule has 0 bridgehead atoms. The van der Waals surface area contributed by atoms with Gasteiger partial charge in [-0.3, -0.25) is 9.79 Å². The number of amides is 1. The van der Waals surface area contributed by atoms with Crippen LogP contribution in [-0.4, -0.2) is 67.6 Å². The second-order valence-electron chi connectivity index (χ2n) is 9.03. The summed E-state index contributed by atoms with van der Waals surface area (Å²) in [6.07, 6.45) is 7.12. The first-order valence-electron chi connectivity index (χ1n) is 12.2. The first-order chi connectivity index (χ1) is 16.2. The van der Waals surface area contributed by atoms with Crippen LogP contribution in [0.3, 0.4) is 0 Å². The van der Waals surface area contributed by atoms with Crippen LogP contribution in [0.25, 0.3) is 0 Å². The summed E-state index contributed by atoms with van der Waals surface area (Å²) >= 11 is 0. The summed E-state index contributed by atoms with van der Waals surface area (Å²) < 4.78 is 0. The van der Waals surface area contributed by atoms with E-state index in [1.54, 1.807) is 7.05 Å². The Morgan fingerprint density at radius 1 is 1.00 bits per heavy atom. The molecule has 0 radical (unpaired) electrons. The lowest BCUT2D eigenvalue weighted by Gasteiger charge is -2.34. The summed E-state index contributed by atoms with van der Waals surface area (Å²) in [5.41, 5.74) is 1.39. The van der Waals surface area contributed by atoms with Gasteiger partial charge in [0.05, 0.1) is 6.54 Å². The molecule has 2 N–H and O–H groups in total. The number of carbonyl (C=O) groups is 1. The number of carbonyl (C=O) groups excluding carboxylic acids is 1. The summed E-state index contributed by atoms with van der Waals surface area (Å²) in [5, 5.41) is 6.72. The standard InChI is InChI=1S/C26H36N6O.HI/c1-27-26(30-23-12-17-31(18-13-23)24-9-5-6-14-28-24)29-20-25(33)32-15-10-22(11-16-32)19-21-7-3-2-4-8-21;/h2-9,14,22-23H,10-13,15-20H2,1H3,(H2,27,29,30);1H. The minimum Gasteiger partial charge on any atom is -0.356 e. The van der Waals surface area contributed by atoms with Crippen LogP contribution < -0.4 is 15.5 Å². The highest BCUT2D eigenvalue weighted by atomic mass is 127. The fraction of sp³-hybridized carbons (Fsp3) is 0.500. The highest BCUT2D eigenvalue weighted by Gasteiger charge is 2.24. The topological polar surface area (TPSA) is 72.9 Å². The van der Waals surface area contributed by atoms with Crippen LogP contribution in [0.15, 0.2) is 59.7 Å². The van der Waals surface area contributed by atoms with Gasteiger partial charge in [-0.25, -0.2) is 4.98 Å². The minimum absolute atomic E-state index is 0. The molecule has 1 aromatic heterocycles. The Balaban J connectivity index is 0.00000324. The third-order valence-corrected chi connectivity index (χ3v) is 6.77. The van der Waals surface area contributed by atoms with Gasteiger partial charge in [0, 0.05) is 45.5 Å². The van der Waals surface area contributed by atoms with Gasteiger partial charge in [-0.1, -0.05) is 36.4 Å². The van der Waals surface area contributed by atoms with E-state index in [9.17, 15) is 4.79 Å². The average Bonchev–Trinajstić information content (AvgIpc) is 2.88. The lowest BCUT2D eigenvalue weighted by atomic mass is 9.90. The van der Waals surface area contributed by atoms with Crippen molar-refractivity contribution in [1.29, 1.82) is 0 Å². The minimum atomic E-state index is 0. The molecule has 0 aliphatic carbocycles. The number of halogens is 1. The zero-order valence-corrected chi connectivity index (χ0v) is 22.4. The molecule has 0 spiro atoms. The number of hydrogen-bond acceptors (Lipinski definition) is 4.